The zero-order valence-corrected chi connectivity index (χ0v) is 16.1. The van der Waals surface area contributed by atoms with Crippen LogP contribution < -0.4 is 0 Å². The molecule has 0 spiro atoms. The molecule has 2 nitrogen and oxygen atoms in total. The van der Waals surface area contributed by atoms with Gasteiger partial charge in [0.25, 0.3) is 0 Å². The van der Waals surface area contributed by atoms with Crippen molar-refractivity contribution in [2.75, 3.05) is 26.2 Å². The van der Waals surface area contributed by atoms with Crippen LogP contribution in [0.1, 0.15) is 37.7 Å². The Morgan fingerprint density at radius 1 is 0.875 bits per heavy atom. The third-order valence-electron chi connectivity index (χ3n) is 7.30. The minimum Gasteiger partial charge on any atom is -0.297 e. The second-order valence-electron chi connectivity index (χ2n) is 8.86. The van der Waals surface area contributed by atoms with Crippen molar-refractivity contribution >= 4 is 15.9 Å². The van der Waals surface area contributed by atoms with Gasteiger partial charge in [-0.25, -0.2) is 0 Å². The Kier molecular flexibility index (Phi) is 4.23. The predicted molar refractivity (Wildman–Crippen MR) is 102 cm³/mol. The van der Waals surface area contributed by atoms with Gasteiger partial charge in [-0.2, -0.15) is 0 Å². The SMILES string of the molecule is Brc1cccc(CN2CCN(C3C4CC5CC(C4)CC3C5)CC2)c1. The van der Waals surface area contributed by atoms with E-state index < -0.39 is 0 Å². The van der Waals surface area contributed by atoms with E-state index in [4.69, 9.17) is 0 Å². The van der Waals surface area contributed by atoms with Crippen LogP contribution in [0.15, 0.2) is 28.7 Å². The maximum atomic E-state index is 3.60. The Bertz CT molecular complexity index is 565. The van der Waals surface area contributed by atoms with Crippen molar-refractivity contribution in [3.8, 4) is 0 Å². The fraction of sp³-hybridized carbons (Fsp3) is 0.714. The fourth-order valence-electron chi connectivity index (χ4n) is 6.61. The van der Waals surface area contributed by atoms with Gasteiger partial charge in [0.2, 0.25) is 0 Å². The third-order valence-corrected chi connectivity index (χ3v) is 7.79. The Morgan fingerprint density at radius 2 is 1.54 bits per heavy atom. The highest BCUT2D eigenvalue weighted by atomic mass is 79.9. The molecule has 4 bridgehead atoms. The topological polar surface area (TPSA) is 6.48 Å². The number of piperazine rings is 1. The lowest BCUT2D eigenvalue weighted by Gasteiger charge is -2.58. The number of hydrogen-bond acceptors (Lipinski definition) is 2. The van der Waals surface area contributed by atoms with Crippen LogP contribution in [0, 0.1) is 23.7 Å². The van der Waals surface area contributed by atoms with Crippen molar-refractivity contribution in [3.05, 3.63) is 34.3 Å². The van der Waals surface area contributed by atoms with Gasteiger partial charge in [-0.1, -0.05) is 28.1 Å². The molecule has 0 aromatic heterocycles. The van der Waals surface area contributed by atoms with E-state index in [1.165, 1.54) is 36.2 Å². The molecule has 0 atom stereocenters. The summed E-state index contributed by atoms with van der Waals surface area (Å²) in [7, 11) is 0. The number of hydrogen-bond donors (Lipinski definition) is 0. The number of nitrogens with zero attached hydrogens (tertiary/aromatic N) is 2. The van der Waals surface area contributed by atoms with Crippen LogP contribution in [-0.4, -0.2) is 42.0 Å². The quantitative estimate of drug-likeness (QED) is 0.757. The van der Waals surface area contributed by atoms with Crippen molar-refractivity contribution in [2.45, 2.75) is 44.7 Å². The molecular weight excluding hydrogens is 360 g/mol. The van der Waals surface area contributed by atoms with Gasteiger partial charge >= 0.3 is 0 Å². The maximum Gasteiger partial charge on any atom is 0.0235 e. The molecule has 1 aliphatic heterocycles. The van der Waals surface area contributed by atoms with Crippen LogP contribution in [0.4, 0.5) is 0 Å². The standard InChI is InChI=1S/C21H29BrN2/c22-20-3-1-2-15(13-20)14-23-4-6-24(7-5-23)21-18-9-16-8-17(11-18)12-19(21)10-16/h1-3,13,16-19,21H,4-12,14H2. The Morgan fingerprint density at radius 3 is 2.17 bits per heavy atom. The third kappa shape index (κ3) is 2.97. The minimum atomic E-state index is 0.936. The zero-order valence-electron chi connectivity index (χ0n) is 14.5. The zero-order chi connectivity index (χ0) is 16.1. The number of benzene rings is 1. The molecule has 1 aromatic carbocycles. The average molecular weight is 389 g/mol. The molecular formula is C21H29BrN2. The first kappa shape index (κ1) is 15.8. The molecule has 0 radical (unpaired) electrons. The van der Waals surface area contributed by atoms with E-state index in [1.54, 1.807) is 32.1 Å². The first-order chi connectivity index (χ1) is 11.7. The van der Waals surface area contributed by atoms with E-state index in [2.05, 4.69) is 50.0 Å². The molecule has 4 aliphatic carbocycles. The van der Waals surface area contributed by atoms with Gasteiger partial charge in [0.1, 0.15) is 0 Å². The van der Waals surface area contributed by atoms with Crippen LogP contribution in [0.3, 0.4) is 0 Å². The molecule has 24 heavy (non-hydrogen) atoms. The molecule has 6 rings (SSSR count). The minimum absolute atomic E-state index is 0.936. The summed E-state index contributed by atoms with van der Waals surface area (Å²) in [6.45, 7) is 6.18. The van der Waals surface area contributed by atoms with E-state index >= 15 is 0 Å². The molecule has 0 N–H and O–H groups in total. The largest absolute Gasteiger partial charge is 0.297 e. The van der Waals surface area contributed by atoms with Crippen LogP contribution in [0.5, 0.6) is 0 Å². The first-order valence-electron chi connectivity index (χ1n) is 9.95. The Labute approximate surface area is 154 Å². The van der Waals surface area contributed by atoms with Crippen molar-refractivity contribution in [2.24, 2.45) is 23.7 Å². The van der Waals surface area contributed by atoms with Gasteiger partial charge in [0.05, 0.1) is 0 Å². The lowest BCUT2D eigenvalue weighted by molar-refractivity contribution is -0.0769. The van der Waals surface area contributed by atoms with Gasteiger partial charge in [-0.3, -0.25) is 9.80 Å². The Hall–Kier alpha value is -0.380. The van der Waals surface area contributed by atoms with Crippen LogP contribution in [-0.2, 0) is 6.54 Å². The van der Waals surface area contributed by atoms with Crippen LogP contribution in [0.25, 0.3) is 0 Å². The molecule has 1 aromatic rings. The van der Waals surface area contributed by atoms with Gasteiger partial charge in [-0.05, 0) is 73.5 Å². The van der Waals surface area contributed by atoms with E-state index in [0.29, 0.717) is 0 Å². The highest BCUT2D eigenvalue weighted by Crippen LogP contribution is 2.55. The Balaban J connectivity index is 1.20. The van der Waals surface area contributed by atoms with E-state index in [-0.39, 0.29) is 0 Å². The summed E-state index contributed by atoms with van der Waals surface area (Å²) >= 11 is 3.60. The molecule has 3 heteroatoms. The van der Waals surface area contributed by atoms with Crippen molar-refractivity contribution < 1.29 is 0 Å². The lowest BCUT2D eigenvalue weighted by Crippen LogP contribution is -2.60. The fourth-order valence-corrected chi connectivity index (χ4v) is 7.05. The molecule has 4 saturated carbocycles. The molecule has 1 heterocycles. The summed E-state index contributed by atoms with van der Waals surface area (Å²) in [4.78, 5) is 5.54. The van der Waals surface area contributed by atoms with Gasteiger partial charge in [0, 0.05) is 43.2 Å². The van der Waals surface area contributed by atoms with E-state index in [1.807, 2.05) is 0 Å². The summed E-state index contributed by atoms with van der Waals surface area (Å²) in [5.41, 5.74) is 1.44. The first-order valence-corrected chi connectivity index (χ1v) is 10.7. The second-order valence-corrected chi connectivity index (χ2v) is 9.78. The highest BCUT2D eigenvalue weighted by molar-refractivity contribution is 9.10. The van der Waals surface area contributed by atoms with Crippen molar-refractivity contribution in [1.82, 2.24) is 9.80 Å². The van der Waals surface area contributed by atoms with E-state index in [9.17, 15) is 0 Å². The maximum absolute atomic E-state index is 3.60. The second kappa shape index (κ2) is 6.41. The summed E-state index contributed by atoms with van der Waals surface area (Å²) in [5, 5.41) is 0. The van der Waals surface area contributed by atoms with Gasteiger partial charge in [0.15, 0.2) is 0 Å². The van der Waals surface area contributed by atoms with Gasteiger partial charge < -0.3 is 0 Å². The summed E-state index contributed by atoms with van der Waals surface area (Å²) in [6.07, 6.45) is 7.78. The molecule has 130 valence electrons. The predicted octanol–water partition coefficient (Wildman–Crippen LogP) is 4.39. The summed E-state index contributed by atoms with van der Waals surface area (Å²) in [5.74, 6) is 4.28. The molecule has 0 unspecified atom stereocenters. The molecule has 5 aliphatic rings. The molecule has 0 amide bonds. The average Bonchev–Trinajstić information content (AvgIpc) is 2.55. The monoisotopic (exact) mass is 388 g/mol. The lowest BCUT2D eigenvalue weighted by atomic mass is 9.54. The number of halogens is 1. The molecule has 5 fully saturated rings. The van der Waals surface area contributed by atoms with Crippen LogP contribution >= 0.6 is 15.9 Å². The summed E-state index contributed by atoms with van der Waals surface area (Å²) < 4.78 is 1.20. The highest BCUT2D eigenvalue weighted by Gasteiger charge is 2.50. The van der Waals surface area contributed by atoms with E-state index in [0.717, 1.165) is 36.3 Å². The normalized spacial score (nSPS) is 39.5. The number of rotatable bonds is 3. The van der Waals surface area contributed by atoms with Crippen LogP contribution in [0.2, 0.25) is 0 Å². The van der Waals surface area contributed by atoms with Gasteiger partial charge in [-0.15, -0.1) is 0 Å². The van der Waals surface area contributed by atoms with Crippen molar-refractivity contribution in [1.29, 1.82) is 0 Å². The smallest absolute Gasteiger partial charge is 0.0235 e. The summed E-state index contributed by atoms with van der Waals surface area (Å²) in [6, 6.07) is 9.74. The molecule has 1 saturated heterocycles. The van der Waals surface area contributed by atoms with Crippen molar-refractivity contribution in [3.63, 3.8) is 0 Å².